The van der Waals surface area contributed by atoms with E-state index in [1.165, 1.54) is 12.1 Å². The molecule has 0 atom stereocenters. The van der Waals surface area contributed by atoms with E-state index in [1.54, 1.807) is 17.4 Å². The number of thiazole rings is 1. The van der Waals surface area contributed by atoms with E-state index >= 15 is 0 Å². The molecule has 1 aromatic heterocycles. The van der Waals surface area contributed by atoms with Crippen LogP contribution in [0.4, 0.5) is 4.39 Å². The number of aryl methyl sites for hydroxylation is 1. The number of ether oxygens (including phenoxy) is 1. The molecule has 0 spiro atoms. The van der Waals surface area contributed by atoms with Crippen LogP contribution in [0.5, 0.6) is 5.75 Å². The van der Waals surface area contributed by atoms with Crippen molar-refractivity contribution in [3.8, 4) is 5.75 Å². The fourth-order valence-electron chi connectivity index (χ4n) is 1.71. The molecule has 102 valence electrons. The van der Waals surface area contributed by atoms with Crippen molar-refractivity contribution in [1.82, 2.24) is 10.3 Å². The van der Waals surface area contributed by atoms with Crippen LogP contribution in [0.1, 0.15) is 23.2 Å². The van der Waals surface area contributed by atoms with Gasteiger partial charge in [0.25, 0.3) is 0 Å². The topological polar surface area (TPSA) is 34.1 Å². The summed E-state index contributed by atoms with van der Waals surface area (Å²) >= 11 is 1.60. The second-order valence-corrected chi connectivity index (χ2v) is 5.24. The van der Waals surface area contributed by atoms with Crippen molar-refractivity contribution in [1.29, 1.82) is 0 Å². The first-order valence-corrected chi connectivity index (χ1v) is 7.10. The van der Waals surface area contributed by atoms with Crippen molar-refractivity contribution in [3.63, 3.8) is 0 Å². The maximum absolute atomic E-state index is 13.2. The number of hydrogen-bond donors (Lipinski definition) is 1. The molecule has 0 aliphatic heterocycles. The second-order valence-electron chi connectivity index (χ2n) is 4.18. The highest BCUT2D eigenvalue weighted by Crippen LogP contribution is 2.21. The van der Waals surface area contributed by atoms with Crippen LogP contribution in [-0.4, -0.2) is 11.5 Å². The average Bonchev–Trinajstić information content (AvgIpc) is 2.81. The zero-order valence-electron chi connectivity index (χ0n) is 11.1. The molecule has 0 bridgehead atoms. The molecule has 2 aromatic rings. The van der Waals surface area contributed by atoms with E-state index in [0.29, 0.717) is 18.9 Å². The molecular weight excluding hydrogens is 263 g/mol. The summed E-state index contributed by atoms with van der Waals surface area (Å²) in [6.07, 6.45) is 0. The standard InChI is InChI=1S/C14H17FN2OS/c1-3-16-7-11-6-12(15)4-5-14(11)18-8-13-9-19-10(2)17-13/h4-6,9,16H,3,7-8H2,1-2H3. The Labute approximate surface area is 116 Å². The lowest BCUT2D eigenvalue weighted by molar-refractivity contribution is 0.297. The molecule has 1 heterocycles. The van der Waals surface area contributed by atoms with Gasteiger partial charge in [-0.3, -0.25) is 0 Å². The number of nitrogens with zero attached hydrogens (tertiary/aromatic N) is 1. The first kappa shape index (κ1) is 14.0. The third-order valence-corrected chi connectivity index (χ3v) is 3.45. The number of aromatic nitrogens is 1. The molecule has 0 fully saturated rings. The van der Waals surface area contributed by atoms with Crippen molar-refractivity contribution in [2.24, 2.45) is 0 Å². The Balaban J connectivity index is 2.05. The summed E-state index contributed by atoms with van der Waals surface area (Å²) in [5.41, 5.74) is 1.73. The van der Waals surface area contributed by atoms with Crippen molar-refractivity contribution in [2.45, 2.75) is 27.0 Å². The van der Waals surface area contributed by atoms with E-state index in [2.05, 4.69) is 10.3 Å². The summed E-state index contributed by atoms with van der Waals surface area (Å²) in [5, 5.41) is 6.17. The molecule has 0 amide bonds. The van der Waals surface area contributed by atoms with Crippen LogP contribution < -0.4 is 10.1 Å². The fraction of sp³-hybridized carbons (Fsp3) is 0.357. The van der Waals surface area contributed by atoms with E-state index < -0.39 is 0 Å². The molecule has 0 aliphatic carbocycles. The van der Waals surface area contributed by atoms with Gasteiger partial charge in [0, 0.05) is 17.5 Å². The quantitative estimate of drug-likeness (QED) is 0.881. The lowest BCUT2D eigenvalue weighted by atomic mass is 10.2. The van der Waals surface area contributed by atoms with Gasteiger partial charge < -0.3 is 10.1 Å². The van der Waals surface area contributed by atoms with Crippen LogP contribution in [0, 0.1) is 12.7 Å². The predicted octanol–water partition coefficient (Wildman–Crippen LogP) is 3.28. The summed E-state index contributed by atoms with van der Waals surface area (Å²) < 4.78 is 19.0. The van der Waals surface area contributed by atoms with Crippen molar-refractivity contribution < 1.29 is 9.13 Å². The summed E-state index contributed by atoms with van der Waals surface area (Å²) in [6.45, 7) is 5.82. The van der Waals surface area contributed by atoms with Gasteiger partial charge in [-0.1, -0.05) is 6.92 Å². The minimum atomic E-state index is -0.246. The molecule has 3 nitrogen and oxygen atoms in total. The molecule has 5 heteroatoms. The van der Waals surface area contributed by atoms with Crippen LogP contribution >= 0.6 is 11.3 Å². The van der Waals surface area contributed by atoms with E-state index in [-0.39, 0.29) is 5.82 Å². The van der Waals surface area contributed by atoms with Crippen LogP contribution in [0.25, 0.3) is 0 Å². The number of hydrogen-bond acceptors (Lipinski definition) is 4. The Kier molecular flexibility index (Phi) is 4.87. The van der Waals surface area contributed by atoms with Crippen LogP contribution in [0.15, 0.2) is 23.6 Å². The molecule has 0 unspecified atom stereocenters. The smallest absolute Gasteiger partial charge is 0.131 e. The van der Waals surface area contributed by atoms with Gasteiger partial charge in [0.1, 0.15) is 18.2 Å². The maximum atomic E-state index is 13.2. The molecule has 1 N–H and O–H groups in total. The zero-order chi connectivity index (χ0) is 13.7. The summed E-state index contributed by atoms with van der Waals surface area (Å²) in [5.74, 6) is 0.456. The predicted molar refractivity (Wildman–Crippen MR) is 75.0 cm³/mol. The van der Waals surface area contributed by atoms with Gasteiger partial charge in [0.2, 0.25) is 0 Å². The highest BCUT2D eigenvalue weighted by molar-refractivity contribution is 7.09. The van der Waals surface area contributed by atoms with Gasteiger partial charge in [0.15, 0.2) is 0 Å². The Hall–Kier alpha value is -1.46. The Morgan fingerprint density at radius 3 is 2.95 bits per heavy atom. The van der Waals surface area contributed by atoms with Gasteiger partial charge in [-0.2, -0.15) is 0 Å². The summed E-state index contributed by atoms with van der Waals surface area (Å²) in [4.78, 5) is 4.34. The van der Waals surface area contributed by atoms with Gasteiger partial charge in [0.05, 0.1) is 10.7 Å². The van der Waals surface area contributed by atoms with Crippen LogP contribution in [-0.2, 0) is 13.2 Å². The van der Waals surface area contributed by atoms with Gasteiger partial charge >= 0.3 is 0 Å². The molecule has 2 rings (SSSR count). The first-order valence-electron chi connectivity index (χ1n) is 6.22. The number of benzene rings is 1. The van der Waals surface area contributed by atoms with Crippen LogP contribution in [0.3, 0.4) is 0 Å². The van der Waals surface area contributed by atoms with E-state index in [9.17, 15) is 4.39 Å². The molecule has 19 heavy (non-hydrogen) atoms. The largest absolute Gasteiger partial charge is 0.487 e. The zero-order valence-corrected chi connectivity index (χ0v) is 11.9. The van der Waals surface area contributed by atoms with Crippen molar-refractivity contribution >= 4 is 11.3 Å². The van der Waals surface area contributed by atoms with Crippen LogP contribution in [0.2, 0.25) is 0 Å². The highest BCUT2D eigenvalue weighted by atomic mass is 32.1. The Morgan fingerprint density at radius 1 is 1.42 bits per heavy atom. The second kappa shape index (κ2) is 6.63. The molecular formula is C14H17FN2OS. The average molecular weight is 280 g/mol. The van der Waals surface area contributed by atoms with E-state index in [0.717, 1.165) is 22.8 Å². The SMILES string of the molecule is CCNCc1cc(F)ccc1OCc1csc(C)n1. The summed E-state index contributed by atoms with van der Waals surface area (Å²) in [6, 6.07) is 4.59. The molecule has 0 saturated carbocycles. The third-order valence-electron chi connectivity index (χ3n) is 2.63. The third kappa shape index (κ3) is 4.01. The fourth-order valence-corrected chi connectivity index (χ4v) is 2.31. The van der Waals surface area contributed by atoms with Crippen molar-refractivity contribution in [3.05, 3.63) is 45.7 Å². The van der Waals surface area contributed by atoms with Gasteiger partial charge in [-0.25, -0.2) is 9.37 Å². The monoisotopic (exact) mass is 280 g/mol. The molecule has 1 aromatic carbocycles. The molecule has 0 saturated heterocycles. The van der Waals surface area contributed by atoms with E-state index in [1.807, 2.05) is 19.2 Å². The minimum Gasteiger partial charge on any atom is -0.487 e. The van der Waals surface area contributed by atoms with Crippen molar-refractivity contribution in [2.75, 3.05) is 6.54 Å². The van der Waals surface area contributed by atoms with Gasteiger partial charge in [-0.05, 0) is 31.7 Å². The Morgan fingerprint density at radius 2 is 2.26 bits per heavy atom. The number of halogens is 1. The lowest BCUT2D eigenvalue weighted by Gasteiger charge is -2.11. The molecule has 0 radical (unpaired) electrons. The lowest BCUT2D eigenvalue weighted by Crippen LogP contribution is -2.13. The highest BCUT2D eigenvalue weighted by Gasteiger charge is 2.06. The normalized spacial score (nSPS) is 10.7. The summed E-state index contributed by atoms with van der Waals surface area (Å²) in [7, 11) is 0. The number of rotatable bonds is 6. The molecule has 0 aliphatic rings. The first-order chi connectivity index (χ1) is 9.19. The number of nitrogens with one attached hydrogen (secondary N) is 1. The Bertz CT molecular complexity index is 542. The maximum Gasteiger partial charge on any atom is 0.131 e. The van der Waals surface area contributed by atoms with Gasteiger partial charge in [-0.15, -0.1) is 11.3 Å². The minimum absolute atomic E-state index is 0.246. The van der Waals surface area contributed by atoms with E-state index in [4.69, 9.17) is 4.74 Å².